The maximum atomic E-state index is 11.4. The molecule has 2 aliphatic heterocycles. The monoisotopic (exact) mass is 169 g/mol. The quantitative estimate of drug-likeness (QED) is 0.536. The molecule has 2 aliphatic rings. The van der Waals surface area contributed by atoms with Crippen LogP contribution in [-0.2, 0) is 4.79 Å². The molecule has 2 saturated heterocycles. The van der Waals surface area contributed by atoms with Crippen molar-refractivity contribution in [3.8, 4) is 0 Å². The van der Waals surface area contributed by atoms with Crippen molar-refractivity contribution in [3.63, 3.8) is 0 Å². The van der Waals surface area contributed by atoms with Crippen molar-refractivity contribution in [3.05, 3.63) is 0 Å². The van der Waals surface area contributed by atoms with E-state index in [0.717, 1.165) is 26.1 Å². The summed E-state index contributed by atoms with van der Waals surface area (Å²) in [6.45, 7) is 3.36. The van der Waals surface area contributed by atoms with Gasteiger partial charge >= 0.3 is 0 Å². The van der Waals surface area contributed by atoms with Gasteiger partial charge in [-0.3, -0.25) is 10.1 Å². The summed E-state index contributed by atoms with van der Waals surface area (Å²) in [6, 6.07) is 0. The molecule has 1 atom stereocenters. The fourth-order valence-corrected chi connectivity index (χ4v) is 1.88. The third-order valence-electron chi connectivity index (χ3n) is 2.54. The van der Waals surface area contributed by atoms with E-state index in [1.165, 1.54) is 6.42 Å². The molecule has 12 heavy (non-hydrogen) atoms. The van der Waals surface area contributed by atoms with Crippen LogP contribution in [0, 0.1) is 0 Å². The number of nitrogens with zero attached hydrogens (tertiary/aromatic N) is 1. The predicted molar refractivity (Wildman–Crippen MR) is 45.6 cm³/mol. The number of piperazine rings is 1. The van der Waals surface area contributed by atoms with Crippen molar-refractivity contribution in [1.29, 1.82) is 0 Å². The number of nitrogens with one attached hydrogen (secondary N) is 2. The first-order valence-corrected chi connectivity index (χ1v) is 4.61. The van der Waals surface area contributed by atoms with Crippen LogP contribution in [0.25, 0.3) is 0 Å². The Balaban J connectivity index is 1.95. The van der Waals surface area contributed by atoms with E-state index in [1.807, 2.05) is 4.90 Å². The molecule has 4 heteroatoms. The summed E-state index contributed by atoms with van der Waals surface area (Å²) < 4.78 is 0. The molecule has 2 rings (SSSR count). The number of hydrogen-bond donors (Lipinski definition) is 2. The molecule has 68 valence electrons. The van der Waals surface area contributed by atoms with Gasteiger partial charge in [-0.05, 0) is 19.4 Å². The maximum Gasteiger partial charge on any atom is 0.237 e. The lowest BCUT2D eigenvalue weighted by Crippen LogP contribution is -2.55. The summed E-state index contributed by atoms with van der Waals surface area (Å²) >= 11 is 0. The minimum absolute atomic E-state index is 0.237. The van der Waals surface area contributed by atoms with Gasteiger partial charge in [0.15, 0.2) is 0 Å². The van der Waals surface area contributed by atoms with Crippen molar-refractivity contribution in [1.82, 2.24) is 15.5 Å². The molecule has 0 saturated carbocycles. The summed E-state index contributed by atoms with van der Waals surface area (Å²) in [5, 5.41) is 6.40. The van der Waals surface area contributed by atoms with Crippen molar-refractivity contribution >= 4 is 5.91 Å². The molecule has 0 aliphatic carbocycles. The highest BCUT2D eigenvalue weighted by Gasteiger charge is 2.27. The summed E-state index contributed by atoms with van der Waals surface area (Å²) in [5.41, 5.74) is 0. The summed E-state index contributed by atoms with van der Waals surface area (Å²) in [6.07, 6.45) is 2.63. The number of rotatable bonds is 1. The molecule has 2 heterocycles. The van der Waals surface area contributed by atoms with E-state index in [-0.39, 0.29) is 5.91 Å². The van der Waals surface area contributed by atoms with Crippen LogP contribution in [0.15, 0.2) is 0 Å². The molecule has 0 aromatic carbocycles. The highest BCUT2D eigenvalue weighted by atomic mass is 16.2. The van der Waals surface area contributed by atoms with Crippen LogP contribution in [0.5, 0.6) is 0 Å². The largest absolute Gasteiger partial charge is 0.325 e. The van der Waals surface area contributed by atoms with E-state index >= 15 is 0 Å². The molecular formula is C8H15N3O. The van der Waals surface area contributed by atoms with Crippen LogP contribution >= 0.6 is 0 Å². The van der Waals surface area contributed by atoms with Gasteiger partial charge < -0.3 is 10.2 Å². The third kappa shape index (κ3) is 1.44. The third-order valence-corrected chi connectivity index (χ3v) is 2.54. The lowest BCUT2D eigenvalue weighted by Gasteiger charge is -2.32. The van der Waals surface area contributed by atoms with Crippen LogP contribution in [-0.4, -0.2) is 43.2 Å². The summed E-state index contributed by atoms with van der Waals surface area (Å²) in [5.74, 6) is 0.237. The van der Waals surface area contributed by atoms with E-state index in [9.17, 15) is 4.79 Å². The minimum Gasteiger partial charge on any atom is -0.325 e. The molecule has 0 aromatic rings. The zero-order chi connectivity index (χ0) is 8.39. The smallest absolute Gasteiger partial charge is 0.237 e. The van der Waals surface area contributed by atoms with Crippen LogP contribution in [0.1, 0.15) is 12.8 Å². The Kier molecular flexibility index (Phi) is 2.28. The van der Waals surface area contributed by atoms with Crippen LogP contribution < -0.4 is 10.6 Å². The van der Waals surface area contributed by atoms with Gasteiger partial charge in [0, 0.05) is 13.1 Å². The van der Waals surface area contributed by atoms with Gasteiger partial charge in [-0.25, -0.2) is 0 Å². The van der Waals surface area contributed by atoms with Gasteiger partial charge in [0.05, 0.1) is 12.7 Å². The average Bonchev–Trinajstić information content (AvgIpc) is 2.57. The van der Waals surface area contributed by atoms with Crippen molar-refractivity contribution in [2.24, 2.45) is 0 Å². The van der Waals surface area contributed by atoms with Crippen LogP contribution in [0.3, 0.4) is 0 Å². The lowest BCUT2D eigenvalue weighted by atomic mass is 10.2. The van der Waals surface area contributed by atoms with Gasteiger partial charge in [-0.2, -0.15) is 0 Å². The van der Waals surface area contributed by atoms with E-state index in [1.54, 1.807) is 0 Å². The first kappa shape index (κ1) is 8.01. The topological polar surface area (TPSA) is 44.4 Å². The summed E-state index contributed by atoms with van der Waals surface area (Å²) in [4.78, 5) is 13.4. The second-order valence-corrected chi connectivity index (χ2v) is 3.38. The molecule has 1 amide bonds. The Bertz CT molecular complexity index is 177. The fourth-order valence-electron chi connectivity index (χ4n) is 1.88. The maximum absolute atomic E-state index is 11.4. The molecule has 0 spiro atoms. The number of hydrogen-bond acceptors (Lipinski definition) is 3. The second kappa shape index (κ2) is 3.41. The molecule has 1 unspecified atom stereocenters. The predicted octanol–water partition coefficient (Wildman–Crippen LogP) is -0.872. The molecule has 2 fully saturated rings. The molecule has 0 radical (unpaired) electrons. The van der Waals surface area contributed by atoms with E-state index < -0.39 is 0 Å². The number of carbonyl (C=O) groups is 1. The van der Waals surface area contributed by atoms with Gasteiger partial charge in [0.1, 0.15) is 0 Å². The zero-order valence-corrected chi connectivity index (χ0v) is 7.18. The van der Waals surface area contributed by atoms with Crippen LogP contribution in [0.2, 0.25) is 0 Å². The Morgan fingerprint density at radius 3 is 3.00 bits per heavy atom. The Morgan fingerprint density at radius 2 is 2.33 bits per heavy atom. The van der Waals surface area contributed by atoms with Crippen LogP contribution in [0.4, 0.5) is 0 Å². The fraction of sp³-hybridized carbons (Fsp3) is 0.875. The Hall–Kier alpha value is -0.610. The molecular weight excluding hydrogens is 154 g/mol. The Labute approximate surface area is 72.3 Å². The highest BCUT2D eigenvalue weighted by molar-refractivity contribution is 5.79. The van der Waals surface area contributed by atoms with Gasteiger partial charge in [0.25, 0.3) is 0 Å². The van der Waals surface area contributed by atoms with Gasteiger partial charge in [-0.15, -0.1) is 0 Å². The van der Waals surface area contributed by atoms with E-state index in [0.29, 0.717) is 12.7 Å². The van der Waals surface area contributed by atoms with Crippen molar-refractivity contribution in [2.75, 3.05) is 26.2 Å². The molecule has 2 N–H and O–H groups in total. The first-order chi connectivity index (χ1) is 5.88. The lowest BCUT2D eigenvalue weighted by molar-refractivity contribution is -0.134. The van der Waals surface area contributed by atoms with Crippen molar-refractivity contribution in [2.45, 2.75) is 19.0 Å². The van der Waals surface area contributed by atoms with E-state index in [2.05, 4.69) is 10.6 Å². The molecule has 0 aromatic heterocycles. The SMILES string of the molecule is O=C1CNCCN1C1CCCN1. The van der Waals surface area contributed by atoms with Gasteiger partial charge in [-0.1, -0.05) is 0 Å². The first-order valence-electron chi connectivity index (χ1n) is 4.61. The minimum atomic E-state index is 0.237. The van der Waals surface area contributed by atoms with Crippen molar-refractivity contribution < 1.29 is 4.79 Å². The summed E-state index contributed by atoms with van der Waals surface area (Å²) in [7, 11) is 0. The molecule has 0 bridgehead atoms. The van der Waals surface area contributed by atoms with Gasteiger partial charge in [0.2, 0.25) is 5.91 Å². The number of carbonyl (C=O) groups excluding carboxylic acids is 1. The average molecular weight is 169 g/mol. The zero-order valence-electron chi connectivity index (χ0n) is 7.18. The number of amides is 1. The highest BCUT2D eigenvalue weighted by Crippen LogP contribution is 2.11. The van der Waals surface area contributed by atoms with E-state index in [4.69, 9.17) is 0 Å². The normalized spacial score (nSPS) is 31.2. The standard InChI is InChI=1S/C8H15N3O/c12-8-6-9-4-5-11(8)7-2-1-3-10-7/h7,9-10H,1-6H2. The Morgan fingerprint density at radius 1 is 1.42 bits per heavy atom. The second-order valence-electron chi connectivity index (χ2n) is 3.38. The molecule has 4 nitrogen and oxygen atoms in total.